The number of hydrogen-bond acceptors (Lipinski definition) is 7. The van der Waals surface area contributed by atoms with Gasteiger partial charge in [-0.15, -0.1) is 0 Å². The van der Waals surface area contributed by atoms with Gasteiger partial charge in [0.05, 0.1) is 19.8 Å². The van der Waals surface area contributed by atoms with Crippen LogP contribution in [0, 0.1) is 11.2 Å². The summed E-state index contributed by atoms with van der Waals surface area (Å²) in [6.07, 6.45) is 0. The zero-order valence-electron chi connectivity index (χ0n) is 19.5. The maximum atomic E-state index is 13.9. The molecule has 11 heteroatoms. The molecule has 186 valence electrons. The molecule has 0 unspecified atom stereocenters. The molecule has 2 aromatic carbocycles. The third-order valence-electron chi connectivity index (χ3n) is 5.68. The van der Waals surface area contributed by atoms with Crippen molar-refractivity contribution in [2.45, 2.75) is 39.6 Å². The Morgan fingerprint density at radius 3 is 2.37 bits per heavy atom. The predicted molar refractivity (Wildman–Crippen MR) is 129 cm³/mol. The Kier molecular flexibility index (Phi) is 6.72. The van der Waals surface area contributed by atoms with Crippen molar-refractivity contribution in [3.63, 3.8) is 0 Å². The van der Waals surface area contributed by atoms with Gasteiger partial charge in [-0.25, -0.2) is 18.5 Å². The Bertz CT molecular complexity index is 1340. The number of nitrogens with one attached hydrogen (secondary N) is 1. The van der Waals surface area contributed by atoms with Crippen LogP contribution >= 0.6 is 11.6 Å². The lowest BCUT2D eigenvalue weighted by molar-refractivity contribution is -0.284. The maximum absolute atomic E-state index is 13.9. The van der Waals surface area contributed by atoms with Crippen LogP contribution in [0.15, 0.2) is 52.1 Å². The van der Waals surface area contributed by atoms with E-state index in [9.17, 15) is 19.1 Å². The first-order valence-corrected chi connectivity index (χ1v) is 11.3. The SMILES string of the molecule is CC1(Cn2c(=O)nc(Nc3ccc(O)c(F)c3)n(Cc3ccc(Cl)cc3)c2=O)COC(C)(C)OC1. The zero-order chi connectivity index (χ0) is 25.4. The van der Waals surface area contributed by atoms with Crippen molar-refractivity contribution in [3.8, 4) is 5.75 Å². The van der Waals surface area contributed by atoms with Crippen molar-refractivity contribution < 1.29 is 19.0 Å². The van der Waals surface area contributed by atoms with Crippen molar-refractivity contribution in [1.82, 2.24) is 14.1 Å². The number of benzene rings is 2. The second kappa shape index (κ2) is 9.44. The van der Waals surface area contributed by atoms with Gasteiger partial charge in [-0.2, -0.15) is 4.98 Å². The summed E-state index contributed by atoms with van der Waals surface area (Å²) in [4.78, 5) is 30.6. The molecule has 1 aliphatic rings. The first kappa shape index (κ1) is 24.9. The largest absolute Gasteiger partial charge is 0.505 e. The highest BCUT2D eigenvalue weighted by Gasteiger charge is 2.38. The van der Waals surface area contributed by atoms with Crippen molar-refractivity contribution in [3.05, 3.63) is 79.8 Å². The highest BCUT2D eigenvalue weighted by atomic mass is 35.5. The molecule has 0 radical (unpaired) electrons. The molecule has 0 atom stereocenters. The van der Waals surface area contributed by atoms with E-state index in [1.165, 1.54) is 10.6 Å². The Morgan fingerprint density at radius 2 is 1.74 bits per heavy atom. The second-order valence-electron chi connectivity index (χ2n) is 9.38. The summed E-state index contributed by atoms with van der Waals surface area (Å²) < 4.78 is 27.7. The average Bonchev–Trinajstić information content (AvgIpc) is 2.80. The number of nitrogens with zero attached hydrogens (tertiary/aromatic N) is 3. The third kappa shape index (κ3) is 5.72. The highest BCUT2D eigenvalue weighted by Crippen LogP contribution is 2.30. The van der Waals surface area contributed by atoms with E-state index < -0.39 is 34.1 Å². The molecule has 1 saturated heterocycles. The number of hydrogen-bond donors (Lipinski definition) is 2. The molecular weight excluding hydrogens is 479 g/mol. The molecule has 1 aliphatic heterocycles. The van der Waals surface area contributed by atoms with Gasteiger partial charge in [0.25, 0.3) is 0 Å². The number of aromatic hydroxyl groups is 1. The van der Waals surface area contributed by atoms with E-state index in [1.807, 2.05) is 6.92 Å². The summed E-state index contributed by atoms with van der Waals surface area (Å²) in [6, 6.07) is 10.5. The minimum Gasteiger partial charge on any atom is -0.505 e. The number of phenols is 1. The van der Waals surface area contributed by atoms with Gasteiger partial charge in [-0.1, -0.05) is 30.7 Å². The highest BCUT2D eigenvalue weighted by molar-refractivity contribution is 6.30. The maximum Gasteiger partial charge on any atom is 0.354 e. The average molecular weight is 505 g/mol. The fraction of sp³-hybridized carbons (Fsp3) is 0.375. The van der Waals surface area contributed by atoms with Crippen LogP contribution < -0.4 is 16.7 Å². The van der Waals surface area contributed by atoms with Gasteiger partial charge in [-0.05, 0) is 43.7 Å². The molecule has 0 bridgehead atoms. The van der Waals surface area contributed by atoms with Gasteiger partial charge in [0.2, 0.25) is 5.95 Å². The Labute approximate surface area is 205 Å². The quantitative estimate of drug-likeness (QED) is 0.495. The molecule has 0 amide bonds. The Hall–Kier alpha value is -3.21. The molecule has 4 rings (SSSR count). The van der Waals surface area contributed by atoms with Crippen LogP contribution in [0.4, 0.5) is 16.0 Å². The molecular formula is C24H26ClFN4O5. The topological polar surface area (TPSA) is 108 Å². The standard InChI is InChI=1S/C24H26ClFN4O5/c1-23(2)34-13-24(3,14-35-23)12-30-21(32)28-20(27-17-8-9-19(31)18(26)10-17)29(22(30)33)11-15-4-6-16(25)7-5-15/h4-10,31H,11-14H2,1-3H3,(H,27,28,32). The van der Waals surface area contributed by atoms with Crippen LogP contribution in [0.1, 0.15) is 26.3 Å². The minimum atomic E-state index is -0.858. The lowest BCUT2D eigenvalue weighted by Gasteiger charge is -2.41. The molecule has 2 N–H and O–H groups in total. The third-order valence-corrected chi connectivity index (χ3v) is 5.94. The summed E-state index contributed by atoms with van der Waals surface area (Å²) in [5.74, 6) is -2.20. The normalized spacial score (nSPS) is 16.7. The molecule has 0 spiro atoms. The molecule has 1 fully saturated rings. The van der Waals surface area contributed by atoms with E-state index in [1.54, 1.807) is 38.1 Å². The molecule has 2 heterocycles. The number of ether oxygens (including phenoxy) is 2. The molecule has 1 aromatic heterocycles. The van der Waals surface area contributed by atoms with Crippen LogP contribution in [-0.2, 0) is 22.6 Å². The monoisotopic (exact) mass is 504 g/mol. The van der Waals surface area contributed by atoms with Gasteiger partial charge < -0.3 is 19.9 Å². The van der Waals surface area contributed by atoms with Crippen LogP contribution in [0.5, 0.6) is 5.75 Å². The number of halogens is 2. The smallest absolute Gasteiger partial charge is 0.354 e. The van der Waals surface area contributed by atoms with E-state index in [2.05, 4.69) is 10.3 Å². The molecule has 35 heavy (non-hydrogen) atoms. The van der Waals surface area contributed by atoms with Crippen LogP contribution in [-0.4, -0.2) is 38.2 Å². The van der Waals surface area contributed by atoms with E-state index in [-0.39, 0.29) is 37.9 Å². The van der Waals surface area contributed by atoms with E-state index in [0.717, 1.165) is 22.3 Å². The van der Waals surface area contributed by atoms with Crippen LogP contribution in [0.25, 0.3) is 0 Å². The fourth-order valence-corrected chi connectivity index (χ4v) is 3.77. The van der Waals surface area contributed by atoms with E-state index in [0.29, 0.717) is 5.02 Å². The van der Waals surface area contributed by atoms with Crippen LogP contribution in [0.2, 0.25) is 5.02 Å². The van der Waals surface area contributed by atoms with Crippen molar-refractivity contribution in [2.24, 2.45) is 5.41 Å². The molecule has 9 nitrogen and oxygen atoms in total. The summed E-state index contributed by atoms with van der Waals surface area (Å²) in [5, 5.41) is 12.8. The van der Waals surface area contributed by atoms with E-state index >= 15 is 0 Å². The van der Waals surface area contributed by atoms with Crippen LogP contribution in [0.3, 0.4) is 0 Å². The van der Waals surface area contributed by atoms with Crippen molar-refractivity contribution >= 4 is 23.2 Å². The fourth-order valence-electron chi connectivity index (χ4n) is 3.64. The van der Waals surface area contributed by atoms with E-state index in [4.69, 9.17) is 21.1 Å². The number of anilines is 2. The molecule has 3 aromatic rings. The van der Waals surface area contributed by atoms with Crippen molar-refractivity contribution in [1.29, 1.82) is 0 Å². The molecule has 0 saturated carbocycles. The summed E-state index contributed by atoms with van der Waals surface area (Å²) >= 11 is 5.98. The second-order valence-corrected chi connectivity index (χ2v) is 9.81. The first-order valence-electron chi connectivity index (χ1n) is 10.9. The first-order chi connectivity index (χ1) is 16.4. The summed E-state index contributed by atoms with van der Waals surface area (Å²) in [5.41, 5.74) is -1.06. The van der Waals surface area contributed by atoms with Crippen molar-refractivity contribution in [2.75, 3.05) is 18.5 Å². The van der Waals surface area contributed by atoms with Gasteiger partial charge >= 0.3 is 11.4 Å². The lowest BCUT2D eigenvalue weighted by atomic mass is 9.91. The lowest BCUT2D eigenvalue weighted by Crippen LogP contribution is -2.51. The Balaban J connectivity index is 1.74. The van der Waals surface area contributed by atoms with Gasteiger partial charge in [0.1, 0.15) is 0 Å². The number of aromatic nitrogens is 3. The Morgan fingerprint density at radius 1 is 1.09 bits per heavy atom. The van der Waals surface area contributed by atoms with Gasteiger partial charge in [-0.3, -0.25) is 4.57 Å². The predicted octanol–water partition coefficient (Wildman–Crippen LogP) is 3.48. The van der Waals surface area contributed by atoms with Gasteiger partial charge in [0, 0.05) is 28.7 Å². The number of phenolic OH excluding ortho intramolecular Hbond substituents is 1. The summed E-state index contributed by atoms with van der Waals surface area (Å²) in [7, 11) is 0. The number of rotatable bonds is 6. The molecule has 0 aliphatic carbocycles. The van der Waals surface area contributed by atoms with Gasteiger partial charge in [0.15, 0.2) is 17.4 Å². The minimum absolute atomic E-state index is 0.0302. The summed E-state index contributed by atoms with van der Waals surface area (Å²) in [6.45, 7) is 6.14. The zero-order valence-corrected chi connectivity index (χ0v) is 20.3.